The molecule has 0 aliphatic rings. The average Bonchev–Trinajstić information content (AvgIpc) is 2.78. The molecule has 2 N–H and O–H groups in total. The molecule has 0 atom stereocenters. The minimum absolute atomic E-state index is 0.148. The Hall–Kier alpha value is -4.27. The molecule has 1 heterocycles. The van der Waals surface area contributed by atoms with Gasteiger partial charge in [-0.15, -0.1) is 0 Å². The van der Waals surface area contributed by atoms with Crippen molar-refractivity contribution in [3.05, 3.63) is 93.8 Å². The van der Waals surface area contributed by atoms with Crippen molar-refractivity contribution in [2.24, 2.45) is 0 Å². The van der Waals surface area contributed by atoms with Crippen molar-refractivity contribution in [1.29, 1.82) is 0 Å². The molecule has 0 fully saturated rings. The fourth-order valence-corrected chi connectivity index (χ4v) is 2.90. The molecule has 2 amide bonds. The molecule has 3 rings (SSSR count). The van der Waals surface area contributed by atoms with Crippen molar-refractivity contribution < 1.29 is 14.5 Å². The molecule has 9 nitrogen and oxygen atoms in total. The highest BCUT2D eigenvalue weighted by Gasteiger charge is 2.18. The van der Waals surface area contributed by atoms with Gasteiger partial charge in [0.1, 0.15) is 0 Å². The predicted octanol–water partition coefficient (Wildman–Crippen LogP) is 3.24. The minimum atomic E-state index is -0.533. The first-order valence-corrected chi connectivity index (χ1v) is 9.39. The largest absolute Gasteiger partial charge is 0.377 e. The number of hydrogen-bond acceptors (Lipinski definition) is 6. The SMILES string of the molecule is CN(C)c1ccc([N+](=O)[O-])cc1C(=O)NCc1ccc(NC(=O)c2ccncc2)cc1. The summed E-state index contributed by atoms with van der Waals surface area (Å²) in [6.07, 6.45) is 3.09. The first-order chi connectivity index (χ1) is 14.8. The molecule has 3 aromatic rings. The maximum absolute atomic E-state index is 12.7. The predicted molar refractivity (Wildman–Crippen MR) is 117 cm³/mol. The van der Waals surface area contributed by atoms with E-state index in [1.165, 1.54) is 12.1 Å². The van der Waals surface area contributed by atoms with Gasteiger partial charge >= 0.3 is 0 Å². The van der Waals surface area contributed by atoms with Crippen LogP contribution in [0.4, 0.5) is 17.1 Å². The van der Waals surface area contributed by atoms with Crippen LogP contribution in [0.25, 0.3) is 0 Å². The Kier molecular flexibility index (Phi) is 6.56. The number of non-ortho nitro benzene ring substituents is 1. The van der Waals surface area contributed by atoms with E-state index in [0.29, 0.717) is 16.9 Å². The van der Waals surface area contributed by atoms with Crippen LogP contribution in [-0.4, -0.2) is 35.8 Å². The molecule has 158 valence electrons. The number of aromatic nitrogens is 1. The van der Waals surface area contributed by atoms with E-state index < -0.39 is 10.8 Å². The Balaban J connectivity index is 1.65. The van der Waals surface area contributed by atoms with E-state index in [2.05, 4.69) is 15.6 Å². The van der Waals surface area contributed by atoms with E-state index >= 15 is 0 Å². The maximum atomic E-state index is 12.7. The summed E-state index contributed by atoms with van der Waals surface area (Å²) >= 11 is 0. The lowest BCUT2D eigenvalue weighted by Gasteiger charge is -2.17. The molecular formula is C22H21N5O4. The molecule has 0 saturated heterocycles. The summed E-state index contributed by atoms with van der Waals surface area (Å²) in [5, 5.41) is 16.6. The van der Waals surface area contributed by atoms with Crippen LogP contribution in [0, 0.1) is 10.1 Å². The van der Waals surface area contributed by atoms with Gasteiger partial charge in [0.2, 0.25) is 0 Å². The number of amides is 2. The van der Waals surface area contributed by atoms with Crippen LogP contribution in [0.5, 0.6) is 0 Å². The van der Waals surface area contributed by atoms with E-state index in [1.807, 2.05) is 0 Å². The minimum Gasteiger partial charge on any atom is -0.377 e. The fraction of sp³-hybridized carbons (Fsp3) is 0.136. The number of pyridine rings is 1. The van der Waals surface area contributed by atoms with E-state index in [-0.39, 0.29) is 23.7 Å². The van der Waals surface area contributed by atoms with E-state index in [4.69, 9.17) is 0 Å². The number of anilines is 2. The summed E-state index contributed by atoms with van der Waals surface area (Å²) in [6.45, 7) is 0.229. The lowest BCUT2D eigenvalue weighted by molar-refractivity contribution is -0.384. The third-order valence-electron chi connectivity index (χ3n) is 4.52. The second-order valence-corrected chi connectivity index (χ2v) is 6.92. The van der Waals surface area contributed by atoms with Crippen LogP contribution in [0.2, 0.25) is 0 Å². The molecule has 1 aromatic heterocycles. The quantitative estimate of drug-likeness (QED) is 0.448. The Morgan fingerprint density at radius 2 is 1.68 bits per heavy atom. The Morgan fingerprint density at radius 3 is 2.29 bits per heavy atom. The first kappa shape index (κ1) is 21.4. The van der Waals surface area contributed by atoms with E-state index in [1.54, 1.807) is 73.9 Å². The third kappa shape index (κ3) is 5.41. The van der Waals surface area contributed by atoms with Crippen LogP contribution in [-0.2, 0) is 6.54 Å². The highest BCUT2D eigenvalue weighted by Crippen LogP contribution is 2.24. The Bertz CT molecular complexity index is 1100. The molecular weight excluding hydrogens is 398 g/mol. The van der Waals surface area contributed by atoms with Crippen LogP contribution in [0.1, 0.15) is 26.3 Å². The number of hydrogen-bond donors (Lipinski definition) is 2. The monoisotopic (exact) mass is 419 g/mol. The number of benzene rings is 2. The second kappa shape index (κ2) is 9.49. The van der Waals surface area contributed by atoms with Gasteiger partial charge < -0.3 is 15.5 Å². The summed E-state index contributed by atoms with van der Waals surface area (Å²) < 4.78 is 0. The van der Waals surface area contributed by atoms with E-state index in [9.17, 15) is 19.7 Å². The molecule has 0 aliphatic heterocycles. The highest BCUT2D eigenvalue weighted by atomic mass is 16.6. The summed E-state index contributed by atoms with van der Waals surface area (Å²) in [5.41, 5.74) is 2.58. The summed E-state index contributed by atoms with van der Waals surface area (Å²) in [7, 11) is 3.52. The first-order valence-electron chi connectivity index (χ1n) is 9.39. The van der Waals surface area contributed by atoms with Gasteiger partial charge in [0.25, 0.3) is 17.5 Å². The molecule has 0 saturated carbocycles. The topological polar surface area (TPSA) is 117 Å². The number of nitrogens with one attached hydrogen (secondary N) is 2. The van der Waals surface area contributed by atoms with Gasteiger partial charge in [0.05, 0.1) is 10.5 Å². The third-order valence-corrected chi connectivity index (χ3v) is 4.52. The number of nitro benzene ring substituents is 1. The standard InChI is InChI=1S/C22H21N5O4/c1-26(2)20-8-7-18(27(30)31)13-19(20)22(29)24-14-15-3-5-17(6-4-15)25-21(28)16-9-11-23-12-10-16/h3-13H,14H2,1-2H3,(H,24,29)(H,25,28). The maximum Gasteiger partial charge on any atom is 0.270 e. The van der Waals surface area contributed by atoms with Crippen molar-refractivity contribution >= 4 is 28.9 Å². The van der Waals surface area contributed by atoms with E-state index in [0.717, 1.165) is 5.56 Å². The number of carbonyl (C=O) groups is 2. The van der Waals surface area contributed by atoms with Crippen LogP contribution in [0.15, 0.2) is 67.0 Å². The van der Waals surface area contributed by atoms with Crippen molar-refractivity contribution in [2.75, 3.05) is 24.3 Å². The molecule has 31 heavy (non-hydrogen) atoms. The van der Waals surface area contributed by atoms with Crippen molar-refractivity contribution in [1.82, 2.24) is 10.3 Å². The summed E-state index contributed by atoms with van der Waals surface area (Å²) in [4.78, 5) is 41.0. The zero-order valence-electron chi connectivity index (χ0n) is 17.0. The van der Waals surface area contributed by atoms with Gasteiger partial charge in [-0.05, 0) is 35.9 Å². The number of rotatable bonds is 7. The molecule has 9 heteroatoms. The molecule has 0 bridgehead atoms. The molecule has 0 aliphatic carbocycles. The zero-order chi connectivity index (χ0) is 22.4. The molecule has 2 aromatic carbocycles. The van der Waals surface area contributed by atoms with Crippen LogP contribution in [0.3, 0.4) is 0 Å². The average molecular weight is 419 g/mol. The van der Waals surface area contributed by atoms with Gasteiger partial charge in [-0.25, -0.2) is 0 Å². The van der Waals surface area contributed by atoms with Gasteiger partial charge in [0.15, 0.2) is 0 Å². The Morgan fingerprint density at radius 1 is 1.00 bits per heavy atom. The molecule has 0 spiro atoms. The summed E-state index contributed by atoms with van der Waals surface area (Å²) in [6, 6.07) is 14.5. The smallest absolute Gasteiger partial charge is 0.270 e. The number of nitrogens with zero attached hydrogens (tertiary/aromatic N) is 3. The lowest BCUT2D eigenvalue weighted by atomic mass is 10.1. The number of carbonyl (C=O) groups excluding carboxylic acids is 2. The highest BCUT2D eigenvalue weighted by molar-refractivity contribution is 6.04. The molecule has 0 radical (unpaired) electrons. The van der Waals surface area contributed by atoms with Crippen molar-refractivity contribution in [3.63, 3.8) is 0 Å². The van der Waals surface area contributed by atoms with Gasteiger partial charge in [-0.2, -0.15) is 0 Å². The Labute approximate surface area is 178 Å². The summed E-state index contributed by atoms with van der Waals surface area (Å²) in [5.74, 6) is -0.659. The van der Waals surface area contributed by atoms with Crippen molar-refractivity contribution in [3.8, 4) is 0 Å². The van der Waals surface area contributed by atoms with Gasteiger partial charge in [-0.3, -0.25) is 24.7 Å². The molecule has 0 unspecified atom stereocenters. The lowest BCUT2D eigenvalue weighted by Crippen LogP contribution is -2.25. The normalized spacial score (nSPS) is 10.3. The van der Waals surface area contributed by atoms with Gasteiger partial charge in [0, 0.05) is 62.1 Å². The van der Waals surface area contributed by atoms with Gasteiger partial charge in [-0.1, -0.05) is 12.1 Å². The number of nitro groups is 1. The fourth-order valence-electron chi connectivity index (χ4n) is 2.90. The second-order valence-electron chi connectivity index (χ2n) is 6.92. The van der Waals surface area contributed by atoms with Crippen LogP contribution < -0.4 is 15.5 Å². The van der Waals surface area contributed by atoms with Crippen molar-refractivity contribution in [2.45, 2.75) is 6.54 Å². The van der Waals surface area contributed by atoms with Crippen LogP contribution >= 0.6 is 0 Å². The zero-order valence-corrected chi connectivity index (χ0v) is 17.0.